The van der Waals surface area contributed by atoms with Crippen molar-refractivity contribution in [2.45, 2.75) is 6.92 Å². The molecular weight excluding hydrogens is 180 g/mol. The number of carbonyl (C=O) groups is 1. The van der Waals surface area contributed by atoms with E-state index in [1.807, 2.05) is 0 Å². The fraction of sp³-hybridized carbons (Fsp3) is 0.0909. The Morgan fingerprint density at radius 3 is 2.79 bits per heavy atom. The van der Waals surface area contributed by atoms with Crippen molar-refractivity contribution in [1.82, 2.24) is 0 Å². The predicted molar refractivity (Wildman–Crippen MR) is 52.6 cm³/mol. The van der Waals surface area contributed by atoms with E-state index in [2.05, 4.69) is 0 Å². The summed E-state index contributed by atoms with van der Waals surface area (Å²) in [5, 5.41) is 0.761. The number of carbonyl (C=O) groups excluding carboxylic acids is 1. The van der Waals surface area contributed by atoms with E-state index in [1.165, 1.54) is 6.07 Å². The van der Waals surface area contributed by atoms with Crippen molar-refractivity contribution in [3.8, 4) is 0 Å². The van der Waals surface area contributed by atoms with Crippen LogP contribution in [0.2, 0.25) is 0 Å². The van der Waals surface area contributed by atoms with Gasteiger partial charge in [0.25, 0.3) is 0 Å². The highest BCUT2D eigenvalue weighted by atomic mass is 16.4. The largest absolute Gasteiger partial charge is 0.423 e. The molecule has 0 spiro atoms. The van der Waals surface area contributed by atoms with Crippen molar-refractivity contribution >= 4 is 17.3 Å². The first kappa shape index (κ1) is 8.69. The van der Waals surface area contributed by atoms with Crippen molar-refractivity contribution in [2.75, 3.05) is 0 Å². The molecule has 0 saturated carbocycles. The zero-order valence-corrected chi connectivity index (χ0v) is 7.61. The second-order valence-corrected chi connectivity index (χ2v) is 3.12. The minimum absolute atomic E-state index is 0.379. The van der Waals surface area contributed by atoms with Crippen LogP contribution in [0, 0.1) is 6.92 Å². The van der Waals surface area contributed by atoms with E-state index in [1.54, 1.807) is 25.1 Å². The van der Waals surface area contributed by atoms with Crippen LogP contribution in [0.4, 0.5) is 0 Å². The summed E-state index contributed by atoms with van der Waals surface area (Å²) in [7, 11) is 0. The summed E-state index contributed by atoms with van der Waals surface area (Å²) in [5.74, 6) is 0. The highest BCUT2D eigenvalue weighted by molar-refractivity contribution is 5.87. The molecule has 3 heteroatoms. The maximum atomic E-state index is 10.9. The van der Waals surface area contributed by atoms with Gasteiger partial charge in [-0.1, -0.05) is 0 Å². The number of aldehydes is 1. The Labute approximate surface area is 80.0 Å². The first-order valence-corrected chi connectivity index (χ1v) is 4.20. The quantitative estimate of drug-likeness (QED) is 0.507. The van der Waals surface area contributed by atoms with Crippen LogP contribution >= 0.6 is 0 Å². The molecule has 0 bridgehead atoms. The number of hydrogen-bond donors (Lipinski definition) is 0. The van der Waals surface area contributed by atoms with Crippen LogP contribution in [0.5, 0.6) is 0 Å². The molecule has 0 saturated heterocycles. The zero-order valence-electron chi connectivity index (χ0n) is 7.61. The lowest BCUT2D eigenvalue weighted by atomic mass is 10.1. The maximum absolute atomic E-state index is 10.9. The van der Waals surface area contributed by atoms with Crippen molar-refractivity contribution in [3.05, 3.63) is 45.8 Å². The fourth-order valence-electron chi connectivity index (χ4n) is 1.36. The molecule has 0 aliphatic heterocycles. The summed E-state index contributed by atoms with van der Waals surface area (Å²) in [6, 6.07) is 6.39. The molecule has 14 heavy (non-hydrogen) atoms. The minimum atomic E-state index is -0.379. The standard InChI is InChI=1S/C11H8O3/c1-7-4-10-8(5-9(7)6-12)2-3-11(13)14-10/h2-6H,1H3. The second-order valence-electron chi connectivity index (χ2n) is 3.12. The molecule has 0 fully saturated rings. The molecule has 70 valence electrons. The third kappa shape index (κ3) is 1.33. The lowest BCUT2D eigenvalue weighted by Crippen LogP contribution is -1.95. The minimum Gasteiger partial charge on any atom is -0.423 e. The van der Waals surface area contributed by atoms with Gasteiger partial charge in [0.05, 0.1) is 0 Å². The summed E-state index contributed by atoms with van der Waals surface area (Å²) in [6.07, 6.45) is 0.792. The van der Waals surface area contributed by atoms with Gasteiger partial charge < -0.3 is 4.42 Å². The molecule has 0 unspecified atom stereocenters. The number of aryl methyl sites for hydroxylation is 1. The summed E-state index contributed by atoms with van der Waals surface area (Å²) in [6.45, 7) is 1.80. The molecule has 2 aromatic rings. The molecule has 1 aromatic carbocycles. The smallest absolute Gasteiger partial charge is 0.336 e. The average molecular weight is 188 g/mol. The monoisotopic (exact) mass is 188 g/mol. The normalized spacial score (nSPS) is 10.4. The predicted octanol–water partition coefficient (Wildman–Crippen LogP) is 1.91. The van der Waals surface area contributed by atoms with E-state index in [0.717, 1.165) is 17.2 Å². The molecule has 0 atom stereocenters. The van der Waals surface area contributed by atoms with Gasteiger partial charge in [0.2, 0.25) is 0 Å². The Morgan fingerprint density at radius 1 is 1.29 bits per heavy atom. The molecule has 0 aliphatic carbocycles. The molecule has 3 nitrogen and oxygen atoms in total. The third-order valence-electron chi connectivity index (χ3n) is 2.13. The van der Waals surface area contributed by atoms with Crippen LogP contribution in [0.15, 0.2) is 33.5 Å². The molecule has 0 radical (unpaired) electrons. The Balaban J connectivity index is 2.85. The van der Waals surface area contributed by atoms with Gasteiger partial charge in [-0.25, -0.2) is 4.79 Å². The molecule has 2 rings (SSSR count). The molecular formula is C11H8O3. The van der Waals surface area contributed by atoms with Gasteiger partial charge in [0.15, 0.2) is 0 Å². The SMILES string of the molecule is Cc1cc2oc(=O)ccc2cc1C=O. The third-order valence-corrected chi connectivity index (χ3v) is 2.13. The van der Waals surface area contributed by atoms with Crippen LogP contribution < -0.4 is 5.63 Å². The molecule has 1 aromatic heterocycles. The number of benzene rings is 1. The van der Waals surface area contributed by atoms with Crippen LogP contribution in [0.3, 0.4) is 0 Å². The van der Waals surface area contributed by atoms with E-state index in [9.17, 15) is 9.59 Å². The van der Waals surface area contributed by atoms with Crippen molar-refractivity contribution in [1.29, 1.82) is 0 Å². The highest BCUT2D eigenvalue weighted by Crippen LogP contribution is 2.16. The Morgan fingerprint density at radius 2 is 2.07 bits per heavy atom. The van der Waals surface area contributed by atoms with Gasteiger partial charge in [-0.05, 0) is 30.7 Å². The number of fused-ring (bicyclic) bond motifs is 1. The summed E-state index contributed by atoms with van der Waals surface area (Å²) in [4.78, 5) is 21.6. The van der Waals surface area contributed by atoms with Gasteiger partial charge in [-0.3, -0.25) is 4.79 Å². The molecule has 0 aliphatic rings. The average Bonchev–Trinajstić information content (AvgIpc) is 2.16. The zero-order chi connectivity index (χ0) is 10.1. The summed E-state index contributed by atoms with van der Waals surface area (Å²) < 4.78 is 4.97. The van der Waals surface area contributed by atoms with E-state index < -0.39 is 0 Å². The van der Waals surface area contributed by atoms with Crippen LogP contribution in [-0.4, -0.2) is 6.29 Å². The van der Waals surface area contributed by atoms with Gasteiger partial charge in [-0.2, -0.15) is 0 Å². The Bertz CT molecular complexity index is 552. The van der Waals surface area contributed by atoms with Crippen molar-refractivity contribution < 1.29 is 9.21 Å². The molecule has 0 amide bonds. The first-order valence-electron chi connectivity index (χ1n) is 4.20. The lowest BCUT2D eigenvalue weighted by Gasteiger charge is -2.00. The maximum Gasteiger partial charge on any atom is 0.336 e. The van der Waals surface area contributed by atoms with Crippen molar-refractivity contribution in [2.24, 2.45) is 0 Å². The van der Waals surface area contributed by atoms with Gasteiger partial charge in [0.1, 0.15) is 11.9 Å². The topological polar surface area (TPSA) is 47.3 Å². The first-order chi connectivity index (χ1) is 6.70. The van der Waals surface area contributed by atoms with E-state index >= 15 is 0 Å². The van der Waals surface area contributed by atoms with Crippen molar-refractivity contribution in [3.63, 3.8) is 0 Å². The van der Waals surface area contributed by atoms with Gasteiger partial charge >= 0.3 is 5.63 Å². The Kier molecular flexibility index (Phi) is 1.93. The fourth-order valence-corrected chi connectivity index (χ4v) is 1.36. The van der Waals surface area contributed by atoms with E-state index in [0.29, 0.717) is 11.1 Å². The summed E-state index contributed by atoms with van der Waals surface area (Å²) >= 11 is 0. The lowest BCUT2D eigenvalue weighted by molar-refractivity contribution is 0.112. The van der Waals surface area contributed by atoms with Crippen LogP contribution in [0.25, 0.3) is 11.0 Å². The second kappa shape index (κ2) is 3.10. The van der Waals surface area contributed by atoms with E-state index in [4.69, 9.17) is 4.42 Å². The molecule has 0 N–H and O–H groups in total. The Hall–Kier alpha value is -1.90. The number of hydrogen-bond acceptors (Lipinski definition) is 3. The van der Waals surface area contributed by atoms with E-state index in [-0.39, 0.29) is 5.63 Å². The summed E-state index contributed by atoms with van der Waals surface area (Å²) in [5.41, 5.74) is 1.56. The van der Waals surface area contributed by atoms with Gasteiger partial charge in [0, 0.05) is 17.0 Å². The highest BCUT2D eigenvalue weighted by Gasteiger charge is 2.02. The number of rotatable bonds is 1. The van der Waals surface area contributed by atoms with Gasteiger partial charge in [-0.15, -0.1) is 0 Å². The van der Waals surface area contributed by atoms with Crippen LogP contribution in [-0.2, 0) is 0 Å². The molecule has 1 heterocycles. The van der Waals surface area contributed by atoms with Crippen LogP contribution in [0.1, 0.15) is 15.9 Å².